The van der Waals surface area contributed by atoms with Gasteiger partial charge in [0.15, 0.2) is 0 Å². The van der Waals surface area contributed by atoms with Crippen LogP contribution in [0.4, 0.5) is 5.69 Å². The van der Waals surface area contributed by atoms with Crippen LogP contribution in [-0.2, 0) is 26.2 Å². The highest BCUT2D eigenvalue weighted by molar-refractivity contribution is 7.92. The zero-order chi connectivity index (χ0) is 30.2. The van der Waals surface area contributed by atoms with E-state index >= 15 is 0 Å². The predicted octanol–water partition coefficient (Wildman–Crippen LogP) is 6.65. The largest absolute Gasteiger partial charge is 0.354 e. The normalized spacial score (nSPS) is 12.2. The molecule has 1 atom stereocenters. The number of hydrogen-bond donors (Lipinski definition) is 1. The standard InChI is InChI=1S/C31H37Cl2N3O4S/c1-5-6-18-34-31(38)23(4)35(20-25-12-15-26(32)19-29(25)33)30(37)21-36(27-16-13-24(14-17-27)22(2)3)41(39,40)28-10-8-7-9-11-28/h7-17,19,22-23H,5-6,18,20-21H2,1-4H3,(H,34,38)/t23-/m1/s1. The quantitative estimate of drug-likeness (QED) is 0.218. The van der Waals surface area contributed by atoms with Crippen LogP contribution in [0.5, 0.6) is 0 Å². The smallest absolute Gasteiger partial charge is 0.264 e. The molecule has 41 heavy (non-hydrogen) atoms. The Morgan fingerprint density at radius 1 is 0.927 bits per heavy atom. The summed E-state index contributed by atoms with van der Waals surface area (Å²) in [7, 11) is -4.12. The number of carbonyl (C=O) groups excluding carboxylic acids is 2. The Balaban J connectivity index is 2.02. The van der Waals surface area contributed by atoms with Gasteiger partial charge in [0.1, 0.15) is 12.6 Å². The number of sulfonamides is 1. The van der Waals surface area contributed by atoms with Crippen LogP contribution in [0.25, 0.3) is 0 Å². The molecule has 0 aliphatic carbocycles. The number of halogens is 2. The molecule has 0 saturated heterocycles. The zero-order valence-corrected chi connectivity index (χ0v) is 26.1. The van der Waals surface area contributed by atoms with E-state index in [1.54, 1.807) is 55.5 Å². The number of carbonyl (C=O) groups is 2. The molecule has 7 nitrogen and oxygen atoms in total. The third kappa shape index (κ3) is 8.47. The number of rotatable bonds is 13. The second-order valence-electron chi connectivity index (χ2n) is 10.1. The van der Waals surface area contributed by atoms with Crippen molar-refractivity contribution in [1.29, 1.82) is 0 Å². The van der Waals surface area contributed by atoms with Crippen molar-refractivity contribution < 1.29 is 18.0 Å². The average molecular weight is 619 g/mol. The van der Waals surface area contributed by atoms with Crippen molar-refractivity contribution in [1.82, 2.24) is 10.2 Å². The van der Waals surface area contributed by atoms with Crippen LogP contribution in [0.1, 0.15) is 57.6 Å². The molecule has 1 N–H and O–H groups in total. The molecule has 0 bridgehead atoms. The van der Waals surface area contributed by atoms with Gasteiger partial charge in [0.05, 0.1) is 10.6 Å². The van der Waals surface area contributed by atoms with Gasteiger partial charge in [0.2, 0.25) is 11.8 Å². The predicted molar refractivity (Wildman–Crippen MR) is 166 cm³/mol. The summed E-state index contributed by atoms with van der Waals surface area (Å²) in [6.07, 6.45) is 1.70. The minimum atomic E-state index is -4.12. The molecule has 0 spiro atoms. The minimum absolute atomic E-state index is 0.0112. The second kappa shape index (κ2) is 14.7. The summed E-state index contributed by atoms with van der Waals surface area (Å²) in [6, 6.07) is 19.1. The molecule has 0 unspecified atom stereocenters. The maximum absolute atomic E-state index is 14.0. The van der Waals surface area contributed by atoms with E-state index in [1.165, 1.54) is 17.0 Å². The van der Waals surface area contributed by atoms with Gasteiger partial charge in [-0.25, -0.2) is 8.42 Å². The van der Waals surface area contributed by atoms with Crippen molar-refractivity contribution in [2.75, 3.05) is 17.4 Å². The van der Waals surface area contributed by atoms with Gasteiger partial charge in [-0.15, -0.1) is 0 Å². The summed E-state index contributed by atoms with van der Waals surface area (Å²) in [6.45, 7) is 7.67. The molecule has 0 aliphatic rings. The lowest BCUT2D eigenvalue weighted by atomic mass is 10.0. The summed E-state index contributed by atoms with van der Waals surface area (Å²) < 4.78 is 28.8. The lowest BCUT2D eigenvalue weighted by Crippen LogP contribution is -2.51. The fourth-order valence-electron chi connectivity index (χ4n) is 4.23. The molecule has 0 saturated carbocycles. The van der Waals surface area contributed by atoms with E-state index in [9.17, 15) is 18.0 Å². The highest BCUT2D eigenvalue weighted by Crippen LogP contribution is 2.27. The van der Waals surface area contributed by atoms with Crippen LogP contribution in [-0.4, -0.2) is 44.3 Å². The van der Waals surface area contributed by atoms with E-state index in [0.717, 1.165) is 22.7 Å². The highest BCUT2D eigenvalue weighted by atomic mass is 35.5. The first kappa shape index (κ1) is 32.4. The lowest BCUT2D eigenvalue weighted by molar-refractivity contribution is -0.139. The summed E-state index contributed by atoms with van der Waals surface area (Å²) in [5.74, 6) is -0.645. The Morgan fingerprint density at radius 3 is 2.17 bits per heavy atom. The maximum atomic E-state index is 14.0. The average Bonchev–Trinajstić information content (AvgIpc) is 2.95. The van der Waals surface area contributed by atoms with E-state index in [2.05, 4.69) is 5.32 Å². The Hall–Kier alpha value is -3.07. The monoisotopic (exact) mass is 617 g/mol. The summed E-state index contributed by atoms with van der Waals surface area (Å²) >= 11 is 12.5. The first-order valence-corrected chi connectivity index (χ1v) is 15.8. The molecule has 3 aromatic carbocycles. The van der Waals surface area contributed by atoms with E-state index in [-0.39, 0.29) is 23.3 Å². The molecule has 0 aliphatic heterocycles. The number of nitrogens with zero attached hydrogens (tertiary/aromatic N) is 2. The zero-order valence-electron chi connectivity index (χ0n) is 23.8. The third-order valence-electron chi connectivity index (χ3n) is 6.81. The molecule has 3 rings (SSSR count). The van der Waals surface area contributed by atoms with Gasteiger partial charge in [-0.2, -0.15) is 0 Å². The summed E-state index contributed by atoms with van der Waals surface area (Å²) in [4.78, 5) is 28.5. The van der Waals surface area contributed by atoms with Crippen LogP contribution >= 0.6 is 23.2 Å². The van der Waals surface area contributed by atoms with Crippen molar-refractivity contribution in [2.45, 2.75) is 63.9 Å². The first-order valence-electron chi connectivity index (χ1n) is 13.6. The van der Waals surface area contributed by atoms with Crippen molar-refractivity contribution in [3.8, 4) is 0 Å². The second-order valence-corrected chi connectivity index (χ2v) is 12.9. The van der Waals surface area contributed by atoms with Gasteiger partial charge in [0.25, 0.3) is 10.0 Å². The Kier molecular flexibility index (Phi) is 11.6. The van der Waals surface area contributed by atoms with Gasteiger partial charge in [0, 0.05) is 23.1 Å². The molecule has 220 valence electrons. The SMILES string of the molecule is CCCCNC(=O)[C@@H](C)N(Cc1ccc(Cl)cc1Cl)C(=O)CN(c1ccc(C(C)C)cc1)S(=O)(=O)c1ccccc1. The fourth-order valence-corrected chi connectivity index (χ4v) is 6.13. The van der Waals surface area contributed by atoms with E-state index in [1.807, 2.05) is 32.9 Å². The molecule has 3 aromatic rings. The highest BCUT2D eigenvalue weighted by Gasteiger charge is 2.32. The van der Waals surface area contributed by atoms with Crippen molar-refractivity contribution >= 4 is 50.7 Å². The summed E-state index contributed by atoms with van der Waals surface area (Å²) in [5.41, 5.74) is 1.96. The fraction of sp³-hybridized carbons (Fsp3) is 0.355. The summed E-state index contributed by atoms with van der Waals surface area (Å²) in [5, 5.41) is 3.64. The maximum Gasteiger partial charge on any atom is 0.264 e. The van der Waals surface area contributed by atoms with Crippen LogP contribution in [0.15, 0.2) is 77.7 Å². The van der Waals surface area contributed by atoms with Crippen LogP contribution in [0, 0.1) is 0 Å². The van der Waals surface area contributed by atoms with Crippen molar-refractivity contribution in [3.63, 3.8) is 0 Å². The molecular weight excluding hydrogens is 581 g/mol. The van der Waals surface area contributed by atoms with Gasteiger partial charge >= 0.3 is 0 Å². The number of nitrogens with one attached hydrogen (secondary N) is 1. The van der Waals surface area contributed by atoms with Crippen LogP contribution < -0.4 is 9.62 Å². The Bertz CT molecular complexity index is 1430. The molecule has 0 radical (unpaired) electrons. The van der Waals surface area contributed by atoms with Crippen LogP contribution in [0.3, 0.4) is 0 Å². The lowest BCUT2D eigenvalue weighted by Gasteiger charge is -2.32. The third-order valence-corrected chi connectivity index (χ3v) is 9.19. The van der Waals surface area contributed by atoms with E-state index in [0.29, 0.717) is 27.8 Å². The van der Waals surface area contributed by atoms with E-state index < -0.39 is 28.5 Å². The number of amides is 2. The molecule has 0 heterocycles. The van der Waals surface area contributed by atoms with Gasteiger partial charge in [-0.3, -0.25) is 13.9 Å². The van der Waals surface area contributed by atoms with Crippen molar-refractivity contribution in [2.24, 2.45) is 0 Å². The number of anilines is 1. The van der Waals surface area contributed by atoms with Gasteiger partial charge in [-0.1, -0.05) is 86.8 Å². The van der Waals surface area contributed by atoms with Gasteiger partial charge in [-0.05, 0) is 66.8 Å². The Labute approximate surface area is 253 Å². The topological polar surface area (TPSA) is 86.8 Å². The molecule has 10 heteroatoms. The van der Waals surface area contributed by atoms with Crippen molar-refractivity contribution in [3.05, 3.63) is 94.0 Å². The van der Waals surface area contributed by atoms with E-state index in [4.69, 9.17) is 23.2 Å². The molecule has 2 amide bonds. The first-order chi connectivity index (χ1) is 19.4. The minimum Gasteiger partial charge on any atom is -0.354 e. The van der Waals surface area contributed by atoms with Gasteiger partial charge < -0.3 is 10.2 Å². The number of hydrogen-bond acceptors (Lipinski definition) is 4. The molecular formula is C31H37Cl2N3O4S. The number of unbranched alkanes of at least 4 members (excludes halogenated alkanes) is 1. The molecule has 0 fully saturated rings. The number of benzene rings is 3. The molecule has 0 aromatic heterocycles. The Morgan fingerprint density at radius 2 is 1.59 bits per heavy atom. The van der Waals surface area contributed by atoms with Crippen LogP contribution in [0.2, 0.25) is 10.0 Å².